The summed E-state index contributed by atoms with van der Waals surface area (Å²) in [7, 11) is 1.59. The van der Waals surface area contributed by atoms with Crippen molar-refractivity contribution in [2.24, 2.45) is 17.3 Å². The SMILES string of the molecule is COCCOCC(CC1(C(=O)N[C@H]2CC[C@@H](C(=O)O)CC2)CCCC1)C(=O)Oc1cccc2ccccc12.O. The van der Waals surface area contributed by atoms with Gasteiger partial charge in [0.25, 0.3) is 0 Å². The van der Waals surface area contributed by atoms with Crippen LogP contribution in [-0.2, 0) is 23.9 Å². The molecule has 1 amide bonds. The summed E-state index contributed by atoms with van der Waals surface area (Å²) in [5.41, 5.74) is -0.670. The molecule has 0 aliphatic heterocycles. The second kappa shape index (κ2) is 14.4. The maximum absolute atomic E-state index is 13.7. The van der Waals surface area contributed by atoms with Gasteiger partial charge in [0.1, 0.15) is 5.75 Å². The summed E-state index contributed by atoms with van der Waals surface area (Å²) in [6, 6.07) is 13.3. The summed E-state index contributed by atoms with van der Waals surface area (Å²) in [5.74, 6) is -1.65. The summed E-state index contributed by atoms with van der Waals surface area (Å²) in [5, 5.41) is 14.3. The van der Waals surface area contributed by atoms with E-state index in [9.17, 15) is 19.5 Å². The number of hydrogen-bond acceptors (Lipinski definition) is 6. The van der Waals surface area contributed by atoms with Crippen molar-refractivity contribution >= 4 is 28.6 Å². The summed E-state index contributed by atoms with van der Waals surface area (Å²) in [6.45, 7) is 0.905. The van der Waals surface area contributed by atoms with E-state index < -0.39 is 23.3 Å². The highest BCUT2D eigenvalue weighted by molar-refractivity contribution is 5.91. The molecule has 2 fully saturated rings. The van der Waals surface area contributed by atoms with Gasteiger partial charge < -0.3 is 30.1 Å². The van der Waals surface area contributed by atoms with Gasteiger partial charge >= 0.3 is 11.9 Å². The molecule has 9 heteroatoms. The van der Waals surface area contributed by atoms with E-state index in [1.165, 1.54) is 0 Å². The number of rotatable bonds is 12. The standard InChI is InChI=1S/C30H39NO7.H2O/c1-36-17-18-37-20-23(28(34)38-26-10-6-8-21-7-2-3-9-25(21)26)19-30(15-4-5-16-30)29(35)31-24-13-11-22(12-14-24)27(32)33;/h2-3,6-10,22-24H,4-5,11-20H2,1H3,(H,31,35)(H,32,33);1H2/t22-,23?,24+;. The van der Waals surface area contributed by atoms with Crippen molar-refractivity contribution in [3.8, 4) is 5.75 Å². The predicted octanol–water partition coefficient (Wildman–Crippen LogP) is 3.91. The van der Waals surface area contributed by atoms with E-state index in [4.69, 9.17) is 14.2 Å². The zero-order valence-corrected chi connectivity index (χ0v) is 22.7. The van der Waals surface area contributed by atoms with Crippen LogP contribution in [0, 0.1) is 17.3 Å². The molecule has 0 heterocycles. The third-order valence-corrected chi connectivity index (χ3v) is 8.14. The number of amides is 1. The smallest absolute Gasteiger partial charge is 0.316 e. The average Bonchev–Trinajstić information content (AvgIpc) is 3.41. The van der Waals surface area contributed by atoms with Crippen molar-refractivity contribution < 1.29 is 39.2 Å². The summed E-state index contributed by atoms with van der Waals surface area (Å²) in [4.78, 5) is 38.5. The molecule has 0 spiro atoms. The van der Waals surface area contributed by atoms with Crippen LogP contribution in [0.2, 0.25) is 0 Å². The first-order chi connectivity index (χ1) is 18.4. The van der Waals surface area contributed by atoms with Crippen LogP contribution in [0.3, 0.4) is 0 Å². The van der Waals surface area contributed by atoms with E-state index in [1.54, 1.807) is 13.2 Å². The quantitative estimate of drug-likeness (QED) is 0.235. The van der Waals surface area contributed by atoms with Crippen LogP contribution < -0.4 is 10.1 Å². The highest BCUT2D eigenvalue weighted by atomic mass is 16.5. The maximum atomic E-state index is 13.7. The molecule has 2 aliphatic carbocycles. The zero-order chi connectivity index (χ0) is 27.0. The molecule has 0 radical (unpaired) electrons. The first-order valence-corrected chi connectivity index (χ1v) is 13.7. The van der Waals surface area contributed by atoms with Gasteiger partial charge in [-0.1, -0.05) is 49.2 Å². The fraction of sp³-hybridized carbons (Fsp3) is 0.567. The number of ether oxygens (including phenoxy) is 3. The van der Waals surface area contributed by atoms with Gasteiger partial charge in [-0.25, -0.2) is 0 Å². The molecule has 214 valence electrons. The lowest BCUT2D eigenvalue weighted by Crippen LogP contribution is -2.47. The van der Waals surface area contributed by atoms with Gasteiger partial charge in [-0.15, -0.1) is 0 Å². The number of carbonyl (C=O) groups is 3. The molecule has 2 saturated carbocycles. The average molecular weight is 544 g/mol. The van der Waals surface area contributed by atoms with Crippen molar-refractivity contribution in [2.75, 3.05) is 26.9 Å². The minimum Gasteiger partial charge on any atom is -0.481 e. The maximum Gasteiger partial charge on any atom is 0.316 e. The normalized spacial score (nSPS) is 21.1. The highest BCUT2D eigenvalue weighted by Crippen LogP contribution is 2.44. The molecule has 0 bridgehead atoms. The molecule has 9 nitrogen and oxygen atoms in total. The van der Waals surface area contributed by atoms with Gasteiger partial charge in [0.05, 0.1) is 37.1 Å². The van der Waals surface area contributed by atoms with Gasteiger partial charge in [0, 0.05) is 18.5 Å². The molecule has 1 unspecified atom stereocenters. The minimum absolute atomic E-state index is 0. The number of nitrogens with one attached hydrogen (secondary N) is 1. The number of carbonyl (C=O) groups excluding carboxylic acids is 2. The van der Waals surface area contributed by atoms with Gasteiger partial charge in [-0.05, 0) is 56.4 Å². The van der Waals surface area contributed by atoms with E-state index in [0.717, 1.165) is 23.6 Å². The Morgan fingerprint density at radius 1 is 1.00 bits per heavy atom. The number of esters is 1. The zero-order valence-electron chi connectivity index (χ0n) is 22.7. The number of fused-ring (bicyclic) bond motifs is 1. The number of methoxy groups -OCH3 is 1. The Morgan fingerprint density at radius 3 is 2.38 bits per heavy atom. The third-order valence-electron chi connectivity index (χ3n) is 8.14. The minimum atomic E-state index is -0.761. The number of hydrogen-bond donors (Lipinski definition) is 2. The lowest BCUT2D eigenvalue weighted by atomic mass is 9.76. The Morgan fingerprint density at radius 2 is 1.69 bits per heavy atom. The molecule has 4 N–H and O–H groups in total. The van der Waals surface area contributed by atoms with Crippen LogP contribution in [0.4, 0.5) is 0 Å². The number of aliphatic carboxylic acids is 1. The predicted molar refractivity (Wildman–Crippen MR) is 146 cm³/mol. The topological polar surface area (TPSA) is 143 Å². The Balaban J connectivity index is 0.00000420. The van der Waals surface area contributed by atoms with Crippen molar-refractivity contribution in [3.05, 3.63) is 42.5 Å². The fourth-order valence-electron chi connectivity index (χ4n) is 5.93. The van der Waals surface area contributed by atoms with E-state index in [0.29, 0.717) is 63.9 Å². The van der Waals surface area contributed by atoms with Crippen LogP contribution in [0.15, 0.2) is 42.5 Å². The first kappa shape index (κ1) is 30.5. The van der Waals surface area contributed by atoms with E-state index in [1.807, 2.05) is 36.4 Å². The second-order valence-electron chi connectivity index (χ2n) is 10.7. The first-order valence-electron chi connectivity index (χ1n) is 13.7. The largest absolute Gasteiger partial charge is 0.481 e. The molecule has 4 rings (SSSR count). The lowest BCUT2D eigenvalue weighted by molar-refractivity contribution is -0.144. The molecular formula is C30H41NO8. The third kappa shape index (κ3) is 7.77. The summed E-state index contributed by atoms with van der Waals surface area (Å²) < 4.78 is 16.8. The van der Waals surface area contributed by atoms with Crippen molar-refractivity contribution in [1.82, 2.24) is 5.32 Å². The number of carboxylic acids is 1. The second-order valence-corrected chi connectivity index (χ2v) is 10.7. The van der Waals surface area contributed by atoms with E-state index in [2.05, 4.69) is 5.32 Å². The van der Waals surface area contributed by atoms with Crippen molar-refractivity contribution in [1.29, 1.82) is 0 Å². The van der Waals surface area contributed by atoms with Gasteiger partial charge in [0.15, 0.2) is 0 Å². The molecule has 2 aliphatic rings. The van der Waals surface area contributed by atoms with E-state index in [-0.39, 0.29) is 30.0 Å². The van der Waals surface area contributed by atoms with Crippen LogP contribution >= 0.6 is 0 Å². The summed E-state index contributed by atoms with van der Waals surface area (Å²) >= 11 is 0. The Labute approximate surface area is 229 Å². The molecule has 0 saturated heterocycles. The molecule has 2 aromatic carbocycles. The Bertz CT molecular complexity index is 1100. The highest BCUT2D eigenvalue weighted by Gasteiger charge is 2.45. The monoisotopic (exact) mass is 543 g/mol. The lowest BCUT2D eigenvalue weighted by Gasteiger charge is -2.34. The Hall–Kier alpha value is -3.01. The van der Waals surface area contributed by atoms with Crippen LogP contribution in [-0.4, -0.2) is 61.4 Å². The van der Waals surface area contributed by atoms with Crippen molar-refractivity contribution in [2.45, 2.75) is 63.8 Å². The van der Waals surface area contributed by atoms with Crippen LogP contribution in [0.1, 0.15) is 57.8 Å². The van der Waals surface area contributed by atoms with E-state index >= 15 is 0 Å². The molecular weight excluding hydrogens is 502 g/mol. The number of benzene rings is 2. The molecule has 2 aromatic rings. The Kier molecular flexibility index (Phi) is 11.3. The molecule has 0 aromatic heterocycles. The van der Waals surface area contributed by atoms with Gasteiger partial charge in [0.2, 0.25) is 5.91 Å². The van der Waals surface area contributed by atoms with Gasteiger partial charge in [-0.2, -0.15) is 0 Å². The van der Waals surface area contributed by atoms with Crippen molar-refractivity contribution in [3.63, 3.8) is 0 Å². The summed E-state index contributed by atoms with van der Waals surface area (Å²) in [6.07, 6.45) is 6.07. The number of carboxylic acid groups (broad SMARTS) is 1. The van der Waals surface area contributed by atoms with Crippen LogP contribution in [0.25, 0.3) is 10.8 Å². The van der Waals surface area contributed by atoms with Gasteiger partial charge in [-0.3, -0.25) is 14.4 Å². The molecule has 1 atom stereocenters. The van der Waals surface area contributed by atoms with Crippen LogP contribution in [0.5, 0.6) is 5.75 Å². The fourth-order valence-corrected chi connectivity index (χ4v) is 5.93. The molecule has 39 heavy (non-hydrogen) atoms.